The van der Waals surface area contributed by atoms with Crippen LogP contribution in [0.3, 0.4) is 0 Å². The monoisotopic (exact) mass is 876 g/mol. The molecule has 10 rings (SSSR count). The Balaban J connectivity index is 1.11. The molecule has 2 nitrogen and oxygen atoms in total. The van der Waals surface area contributed by atoms with Crippen molar-refractivity contribution in [3.8, 4) is 50.2 Å². The summed E-state index contributed by atoms with van der Waals surface area (Å²) in [6, 6.07) is 53.6. The van der Waals surface area contributed by atoms with Crippen LogP contribution in [0.25, 0.3) is 72.0 Å². The molecular formula is C54H29F9N2. The van der Waals surface area contributed by atoms with E-state index in [-0.39, 0.29) is 11.4 Å². The number of fused-ring (bicyclic) bond motifs is 3. The molecule has 1 heterocycles. The minimum atomic E-state index is -2.64. The summed E-state index contributed by atoms with van der Waals surface area (Å²) in [4.78, 5) is 0.860. The van der Waals surface area contributed by atoms with E-state index in [1.165, 1.54) is 24.3 Å². The van der Waals surface area contributed by atoms with Crippen molar-refractivity contribution in [1.82, 2.24) is 4.57 Å². The van der Waals surface area contributed by atoms with E-state index in [1.54, 1.807) is 36.4 Å². The molecule has 0 N–H and O–H groups in total. The van der Waals surface area contributed by atoms with Crippen molar-refractivity contribution in [2.75, 3.05) is 4.90 Å². The van der Waals surface area contributed by atoms with Crippen LogP contribution in [0.5, 0.6) is 0 Å². The van der Waals surface area contributed by atoms with Crippen LogP contribution in [-0.4, -0.2) is 4.57 Å². The van der Waals surface area contributed by atoms with Gasteiger partial charge in [-0.2, -0.15) is 0 Å². The number of hydrogen-bond donors (Lipinski definition) is 0. The smallest absolute Gasteiger partial charge is 0.200 e. The zero-order chi connectivity index (χ0) is 45.1. The fourth-order valence-electron chi connectivity index (χ4n) is 8.37. The van der Waals surface area contributed by atoms with E-state index < -0.39 is 69.2 Å². The summed E-state index contributed by atoms with van der Waals surface area (Å²) in [7, 11) is 0. The van der Waals surface area contributed by atoms with Gasteiger partial charge in [0.15, 0.2) is 46.5 Å². The summed E-state index contributed by atoms with van der Waals surface area (Å²) in [5, 5.41) is 1.92. The molecule has 10 aromatic rings. The number of halogens is 9. The van der Waals surface area contributed by atoms with Crippen molar-refractivity contribution in [3.05, 3.63) is 228 Å². The van der Waals surface area contributed by atoms with Crippen molar-refractivity contribution >= 4 is 38.9 Å². The molecule has 0 radical (unpaired) electrons. The van der Waals surface area contributed by atoms with Gasteiger partial charge in [0, 0.05) is 27.8 Å². The van der Waals surface area contributed by atoms with Crippen molar-refractivity contribution in [3.63, 3.8) is 0 Å². The molecule has 0 unspecified atom stereocenters. The molecule has 0 aliphatic rings. The zero-order valence-corrected chi connectivity index (χ0v) is 33.5. The van der Waals surface area contributed by atoms with Crippen LogP contribution in [0.4, 0.5) is 56.6 Å². The van der Waals surface area contributed by atoms with Gasteiger partial charge < -0.3 is 9.47 Å². The van der Waals surface area contributed by atoms with Crippen molar-refractivity contribution in [2.24, 2.45) is 0 Å². The molecular weight excluding hydrogens is 848 g/mol. The van der Waals surface area contributed by atoms with Gasteiger partial charge in [-0.25, -0.2) is 39.5 Å². The van der Waals surface area contributed by atoms with Gasteiger partial charge in [0.1, 0.15) is 5.69 Å². The molecule has 1 aromatic heterocycles. The topological polar surface area (TPSA) is 8.17 Å². The van der Waals surface area contributed by atoms with Crippen LogP contribution >= 0.6 is 0 Å². The van der Waals surface area contributed by atoms with Crippen molar-refractivity contribution in [1.29, 1.82) is 0 Å². The Labute approximate surface area is 365 Å². The third kappa shape index (κ3) is 6.87. The van der Waals surface area contributed by atoms with Crippen LogP contribution in [-0.2, 0) is 0 Å². The van der Waals surface area contributed by atoms with E-state index in [2.05, 4.69) is 22.8 Å². The van der Waals surface area contributed by atoms with Crippen LogP contribution < -0.4 is 4.90 Å². The molecule has 0 aliphatic carbocycles. The van der Waals surface area contributed by atoms with Crippen LogP contribution in [0.15, 0.2) is 176 Å². The normalized spacial score (nSPS) is 11.5. The number of aromatic nitrogens is 1. The molecule has 0 atom stereocenters. The lowest BCUT2D eigenvalue weighted by Gasteiger charge is -2.27. The highest BCUT2D eigenvalue weighted by Crippen LogP contribution is 2.46. The largest absolute Gasteiger partial charge is 0.309 e. The summed E-state index contributed by atoms with van der Waals surface area (Å²) in [6.07, 6.45) is 0. The van der Waals surface area contributed by atoms with Gasteiger partial charge in [-0.15, -0.1) is 0 Å². The van der Waals surface area contributed by atoms with E-state index in [0.717, 1.165) is 54.6 Å². The summed E-state index contributed by atoms with van der Waals surface area (Å²) >= 11 is 0. The summed E-state index contributed by atoms with van der Waals surface area (Å²) in [5.41, 5.74) is 2.25. The van der Waals surface area contributed by atoms with Gasteiger partial charge in [-0.3, -0.25) is 0 Å². The Morgan fingerprint density at radius 3 is 1.20 bits per heavy atom. The zero-order valence-electron chi connectivity index (χ0n) is 33.5. The van der Waals surface area contributed by atoms with Gasteiger partial charge in [-0.1, -0.05) is 121 Å². The Kier molecular flexibility index (Phi) is 10.2. The van der Waals surface area contributed by atoms with E-state index in [9.17, 15) is 22.0 Å². The lowest BCUT2D eigenvalue weighted by molar-refractivity contribution is 0.379. The molecule has 0 saturated carbocycles. The molecule has 0 saturated heterocycles. The predicted octanol–water partition coefficient (Wildman–Crippen LogP) is 16.2. The van der Waals surface area contributed by atoms with Crippen LogP contribution in [0.2, 0.25) is 0 Å². The van der Waals surface area contributed by atoms with Crippen molar-refractivity contribution < 1.29 is 39.5 Å². The third-order valence-electron chi connectivity index (χ3n) is 11.5. The summed E-state index contributed by atoms with van der Waals surface area (Å²) in [5.74, 6) is -22.2. The Hall–Kier alpha value is -8.05. The molecule has 0 bridgehead atoms. The number of anilines is 3. The second kappa shape index (κ2) is 16.3. The van der Waals surface area contributed by atoms with E-state index >= 15 is 17.6 Å². The quantitative estimate of drug-likeness (QED) is 0.0839. The fourth-order valence-corrected chi connectivity index (χ4v) is 8.37. The Morgan fingerprint density at radius 1 is 0.292 bits per heavy atom. The van der Waals surface area contributed by atoms with E-state index in [0.29, 0.717) is 11.1 Å². The highest BCUT2D eigenvalue weighted by molar-refractivity contribution is 6.11. The van der Waals surface area contributed by atoms with Gasteiger partial charge in [0.05, 0.1) is 22.2 Å². The fraction of sp³-hybridized carbons (Fsp3) is 0. The molecule has 0 amide bonds. The highest BCUT2D eigenvalue weighted by atomic mass is 19.2. The van der Waals surface area contributed by atoms with Gasteiger partial charge in [0.25, 0.3) is 0 Å². The second-order valence-electron chi connectivity index (χ2n) is 15.2. The molecule has 0 spiro atoms. The van der Waals surface area contributed by atoms with Crippen molar-refractivity contribution in [2.45, 2.75) is 0 Å². The number of hydrogen-bond acceptors (Lipinski definition) is 1. The maximum absolute atomic E-state index is 16.4. The Bertz CT molecular complexity index is 3390. The average molecular weight is 877 g/mol. The minimum absolute atomic E-state index is 0.00278. The number of benzene rings is 9. The van der Waals surface area contributed by atoms with E-state index in [1.807, 2.05) is 97.1 Å². The third-order valence-corrected chi connectivity index (χ3v) is 11.5. The first kappa shape index (κ1) is 41.0. The molecule has 318 valence electrons. The van der Waals surface area contributed by atoms with Gasteiger partial charge >= 0.3 is 0 Å². The number of para-hydroxylation sites is 1. The maximum Gasteiger partial charge on any atom is 0.200 e. The SMILES string of the molecule is Fc1c(F)c(F)c(-c2c(F)c(F)c(N(c3ccc(-c4ccccc4)cc3)c3ccc(-c4ccc5c(c4)c4ccc(-c6ccccc6)cc4n5-c4ccccc4)cc3)c(F)c2F)c(F)c1F. The van der Waals surface area contributed by atoms with Gasteiger partial charge in [-0.05, 0) is 88.0 Å². The van der Waals surface area contributed by atoms with E-state index in [4.69, 9.17) is 0 Å². The predicted molar refractivity (Wildman–Crippen MR) is 237 cm³/mol. The Morgan fingerprint density at radius 2 is 0.677 bits per heavy atom. The first-order valence-electron chi connectivity index (χ1n) is 20.1. The lowest BCUT2D eigenvalue weighted by atomic mass is 9.99. The molecule has 65 heavy (non-hydrogen) atoms. The average Bonchev–Trinajstić information content (AvgIpc) is 3.68. The second-order valence-corrected chi connectivity index (χ2v) is 15.2. The molecule has 0 aliphatic heterocycles. The first-order chi connectivity index (χ1) is 31.5. The first-order valence-corrected chi connectivity index (χ1v) is 20.1. The maximum atomic E-state index is 16.4. The van der Waals surface area contributed by atoms with Gasteiger partial charge in [0.2, 0.25) is 5.82 Å². The summed E-state index contributed by atoms with van der Waals surface area (Å²) < 4.78 is 139. The highest BCUT2D eigenvalue weighted by Gasteiger charge is 2.36. The molecule has 11 heteroatoms. The number of rotatable bonds is 8. The summed E-state index contributed by atoms with van der Waals surface area (Å²) in [6.45, 7) is 0. The molecule has 9 aromatic carbocycles. The minimum Gasteiger partial charge on any atom is -0.309 e. The molecule has 0 fully saturated rings. The lowest BCUT2D eigenvalue weighted by Crippen LogP contribution is -2.17. The number of nitrogens with zero attached hydrogens (tertiary/aromatic N) is 2. The standard InChI is InChI=1S/C54H29F9N2/c55-45-43(46(56)50(60)51(61)49(45)59)44-47(57)52(62)54(53(63)48(44)58)64(37-22-16-32(17-23-37)30-10-4-1-5-11-30)38-24-18-33(19-25-38)34-21-27-41-40(28-34)39-26-20-35(31-12-6-2-7-13-31)29-42(39)65(41)36-14-8-3-9-15-36/h1-29H. The van der Waals surface area contributed by atoms with Crippen LogP contribution in [0.1, 0.15) is 0 Å². The van der Waals surface area contributed by atoms with Crippen LogP contribution in [0, 0.1) is 52.4 Å².